The molecule has 1 aliphatic heterocycles. The van der Waals surface area contributed by atoms with Crippen LogP contribution in [0.25, 0.3) is 0 Å². The van der Waals surface area contributed by atoms with Gasteiger partial charge in [0.1, 0.15) is 0 Å². The van der Waals surface area contributed by atoms with Crippen LogP contribution in [0.15, 0.2) is 0 Å². The van der Waals surface area contributed by atoms with Crippen LogP contribution in [0.3, 0.4) is 0 Å². The molecule has 0 saturated carbocycles. The van der Waals surface area contributed by atoms with Gasteiger partial charge in [0.25, 0.3) is 0 Å². The zero-order valence-electron chi connectivity index (χ0n) is 9.14. The summed E-state index contributed by atoms with van der Waals surface area (Å²) in [5.41, 5.74) is 0.193. The van der Waals surface area contributed by atoms with Gasteiger partial charge in [-0.15, -0.1) is 0 Å². The molecule has 0 bridgehead atoms. The quantitative estimate of drug-likeness (QED) is 0.554. The SMILES string of the molecule is CC1CN(C)OC(C)(C)C1(C)C. The topological polar surface area (TPSA) is 12.5 Å². The Morgan fingerprint density at radius 1 is 1.25 bits per heavy atom. The molecular formula is C10H21NO. The number of hydrogen-bond acceptors (Lipinski definition) is 2. The molecule has 1 aliphatic rings. The van der Waals surface area contributed by atoms with E-state index in [-0.39, 0.29) is 11.0 Å². The largest absolute Gasteiger partial charge is 0.293 e. The minimum atomic E-state index is -0.0561. The molecule has 0 aromatic heterocycles. The highest BCUT2D eigenvalue weighted by Gasteiger charge is 2.47. The van der Waals surface area contributed by atoms with Crippen molar-refractivity contribution in [3.8, 4) is 0 Å². The second-order valence-corrected chi connectivity index (χ2v) is 5.03. The zero-order valence-corrected chi connectivity index (χ0v) is 9.14. The maximum absolute atomic E-state index is 5.79. The average molecular weight is 171 g/mol. The first-order valence-electron chi connectivity index (χ1n) is 4.67. The van der Waals surface area contributed by atoms with E-state index in [9.17, 15) is 0 Å². The first-order valence-corrected chi connectivity index (χ1v) is 4.67. The maximum atomic E-state index is 5.79. The second kappa shape index (κ2) is 2.71. The lowest BCUT2D eigenvalue weighted by molar-refractivity contribution is -0.305. The predicted molar refractivity (Wildman–Crippen MR) is 50.7 cm³/mol. The third-order valence-electron chi connectivity index (χ3n) is 3.70. The molecule has 0 radical (unpaired) electrons. The van der Waals surface area contributed by atoms with Crippen molar-refractivity contribution in [2.75, 3.05) is 13.6 Å². The van der Waals surface area contributed by atoms with Crippen LogP contribution >= 0.6 is 0 Å². The summed E-state index contributed by atoms with van der Waals surface area (Å²) in [6, 6.07) is 0. The lowest BCUT2D eigenvalue weighted by atomic mass is 9.67. The van der Waals surface area contributed by atoms with Gasteiger partial charge in [0.15, 0.2) is 0 Å². The van der Waals surface area contributed by atoms with Crippen LogP contribution in [-0.2, 0) is 4.84 Å². The highest BCUT2D eigenvalue weighted by atomic mass is 16.7. The van der Waals surface area contributed by atoms with Crippen LogP contribution < -0.4 is 0 Å². The van der Waals surface area contributed by atoms with E-state index in [1.807, 2.05) is 12.1 Å². The summed E-state index contributed by atoms with van der Waals surface area (Å²) >= 11 is 0. The lowest BCUT2D eigenvalue weighted by Crippen LogP contribution is -2.56. The zero-order chi connectivity index (χ0) is 9.57. The molecule has 0 amide bonds. The Balaban J connectivity index is 2.86. The average Bonchev–Trinajstić information content (AvgIpc) is 1.82. The smallest absolute Gasteiger partial charge is 0.0897 e. The van der Waals surface area contributed by atoms with Gasteiger partial charge in [0.2, 0.25) is 0 Å². The summed E-state index contributed by atoms with van der Waals surface area (Å²) in [5.74, 6) is 0.672. The normalized spacial score (nSPS) is 35.0. The predicted octanol–water partition coefficient (Wildman–Crippen LogP) is 2.30. The monoisotopic (exact) mass is 171 g/mol. The first kappa shape index (κ1) is 10.0. The highest BCUT2D eigenvalue weighted by Crippen LogP contribution is 2.44. The van der Waals surface area contributed by atoms with Gasteiger partial charge in [0.05, 0.1) is 5.60 Å². The third-order valence-corrected chi connectivity index (χ3v) is 3.70. The number of hydrogen-bond donors (Lipinski definition) is 0. The van der Waals surface area contributed by atoms with E-state index in [4.69, 9.17) is 4.84 Å². The molecule has 0 aliphatic carbocycles. The van der Waals surface area contributed by atoms with Crippen LogP contribution in [0.1, 0.15) is 34.6 Å². The molecule has 1 rings (SSSR count). The Kier molecular flexibility index (Phi) is 2.26. The summed E-state index contributed by atoms with van der Waals surface area (Å²) in [6.45, 7) is 12.2. The fourth-order valence-electron chi connectivity index (χ4n) is 1.75. The highest BCUT2D eigenvalue weighted by molar-refractivity contribution is 4.93. The molecule has 1 heterocycles. The van der Waals surface area contributed by atoms with E-state index >= 15 is 0 Å². The molecule has 1 saturated heterocycles. The van der Waals surface area contributed by atoms with Crippen LogP contribution in [0.2, 0.25) is 0 Å². The van der Waals surface area contributed by atoms with Crippen molar-refractivity contribution in [3.05, 3.63) is 0 Å². The summed E-state index contributed by atoms with van der Waals surface area (Å²) < 4.78 is 0. The van der Waals surface area contributed by atoms with Crippen molar-refractivity contribution in [3.63, 3.8) is 0 Å². The van der Waals surface area contributed by atoms with Crippen LogP contribution in [0.5, 0.6) is 0 Å². The molecular weight excluding hydrogens is 150 g/mol. The summed E-state index contributed by atoms with van der Waals surface area (Å²) in [6.07, 6.45) is 0. The minimum absolute atomic E-state index is 0.0561. The molecule has 2 nitrogen and oxygen atoms in total. The number of rotatable bonds is 0. The minimum Gasteiger partial charge on any atom is -0.293 e. The molecule has 1 unspecified atom stereocenters. The van der Waals surface area contributed by atoms with E-state index in [0.717, 1.165) is 6.54 Å². The molecule has 1 fully saturated rings. The molecule has 0 N–H and O–H groups in total. The molecule has 2 heteroatoms. The van der Waals surface area contributed by atoms with Gasteiger partial charge in [-0.2, -0.15) is 5.06 Å². The Bertz CT molecular complexity index is 175. The van der Waals surface area contributed by atoms with Crippen molar-refractivity contribution in [2.24, 2.45) is 11.3 Å². The van der Waals surface area contributed by atoms with Gasteiger partial charge in [-0.1, -0.05) is 20.8 Å². The Labute approximate surface area is 75.8 Å². The molecule has 12 heavy (non-hydrogen) atoms. The molecule has 0 aromatic carbocycles. The van der Waals surface area contributed by atoms with Crippen molar-refractivity contribution < 1.29 is 4.84 Å². The van der Waals surface area contributed by atoms with Gasteiger partial charge < -0.3 is 0 Å². The molecule has 1 atom stereocenters. The number of nitrogens with zero attached hydrogens (tertiary/aromatic N) is 1. The molecule has 0 spiro atoms. The summed E-state index contributed by atoms with van der Waals surface area (Å²) in [5, 5.41) is 1.95. The maximum Gasteiger partial charge on any atom is 0.0897 e. The van der Waals surface area contributed by atoms with Crippen molar-refractivity contribution in [2.45, 2.75) is 40.2 Å². The molecule has 0 aromatic rings. The van der Waals surface area contributed by atoms with Gasteiger partial charge in [-0.25, -0.2) is 0 Å². The fourth-order valence-corrected chi connectivity index (χ4v) is 1.75. The molecule has 72 valence electrons. The Morgan fingerprint density at radius 2 is 1.75 bits per heavy atom. The van der Waals surface area contributed by atoms with E-state index in [0.29, 0.717) is 5.92 Å². The van der Waals surface area contributed by atoms with Crippen LogP contribution in [-0.4, -0.2) is 24.3 Å². The first-order chi connectivity index (χ1) is 5.27. The lowest BCUT2D eigenvalue weighted by Gasteiger charge is -2.52. The number of hydroxylamine groups is 2. The summed E-state index contributed by atoms with van der Waals surface area (Å²) in [7, 11) is 2.01. The fraction of sp³-hybridized carbons (Fsp3) is 1.00. The third kappa shape index (κ3) is 1.38. The van der Waals surface area contributed by atoms with Gasteiger partial charge in [-0.05, 0) is 25.2 Å². The van der Waals surface area contributed by atoms with Gasteiger partial charge >= 0.3 is 0 Å². The Hall–Kier alpha value is -0.0800. The van der Waals surface area contributed by atoms with Gasteiger partial charge in [-0.3, -0.25) is 4.84 Å². The summed E-state index contributed by atoms with van der Waals surface area (Å²) in [4.78, 5) is 5.79. The van der Waals surface area contributed by atoms with Crippen LogP contribution in [0, 0.1) is 11.3 Å². The van der Waals surface area contributed by atoms with Crippen molar-refractivity contribution in [1.29, 1.82) is 0 Å². The van der Waals surface area contributed by atoms with Crippen molar-refractivity contribution >= 4 is 0 Å². The van der Waals surface area contributed by atoms with E-state index in [2.05, 4.69) is 34.6 Å². The standard InChI is InChI=1S/C10H21NO/c1-8-7-11(6)12-10(4,5)9(8,2)3/h8H,7H2,1-6H3. The van der Waals surface area contributed by atoms with E-state index in [1.165, 1.54) is 0 Å². The Morgan fingerprint density at radius 3 is 2.17 bits per heavy atom. The van der Waals surface area contributed by atoms with Crippen molar-refractivity contribution in [1.82, 2.24) is 5.06 Å². The van der Waals surface area contributed by atoms with Crippen LogP contribution in [0.4, 0.5) is 0 Å². The second-order valence-electron chi connectivity index (χ2n) is 5.03. The van der Waals surface area contributed by atoms with E-state index < -0.39 is 0 Å². The van der Waals surface area contributed by atoms with E-state index in [1.54, 1.807) is 0 Å². The van der Waals surface area contributed by atoms with Gasteiger partial charge in [0, 0.05) is 13.6 Å².